The van der Waals surface area contributed by atoms with E-state index in [9.17, 15) is 19.4 Å². The first-order valence-corrected chi connectivity index (χ1v) is 13.2. The Bertz CT molecular complexity index is 1380. The Morgan fingerprint density at radius 2 is 1.80 bits per heavy atom. The molecule has 1 saturated carbocycles. The summed E-state index contributed by atoms with van der Waals surface area (Å²) in [5.41, 5.74) is -1.38. The Morgan fingerprint density at radius 3 is 2.48 bits per heavy atom. The van der Waals surface area contributed by atoms with Crippen LogP contribution in [0.1, 0.15) is 48.7 Å². The summed E-state index contributed by atoms with van der Waals surface area (Å²) < 4.78 is 50.3. The van der Waals surface area contributed by atoms with Crippen molar-refractivity contribution in [3.63, 3.8) is 0 Å². The van der Waals surface area contributed by atoms with Gasteiger partial charge in [0.1, 0.15) is 28.8 Å². The van der Waals surface area contributed by atoms with E-state index in [1.807, 2.05) is 6.92 Å². The van der Waals surface area contributed by atoms with E-state index in [4.69, 9.17) is 4.74 Å². The molecule has 5 rings (SSSR count). The van der Waals surface area contributed by atoms with Gasteiger partial charge in [0.2, 0.25) is 0 Å². The molecule has 4 atom stereocenters. The Hall–Kier alpha value is -3.54. The number of aliphatic hydroxyl groups is 2. The van der Waals surface area contributed by atoms with E-state index in [0.717, 1.165) is 24.3 Å². The predicted molar refractivity (Wildman–Crippen MR) is 143 cm³/mol. The number of anilines is 2. The van der Waals surface area contributed by atoms with Crippen molar-refractivity contribution in [1.29, 1.82) is 0 Å². The second-order valence-corrected chi connectivity index (χ2v) is 10.6. The first kappa shape index (κ1) is 28.0. The number of aliphatic hydroxyl groups excluding tert-OH is 1. The number of ether oxygens (including phenoxy) is 1. The summed E-state index contributed by atoms with van der Waals surface area (Å²) in [5, 5.41) is 23.8. The van der Waals surface area contributed by atoms with Gasteiger partial charge in [0, 0.05) is 25.0 Å². The molecule has 3 N–H and O–H groups in total. The monoisotopic (exact) mass is 556 g/mol. The number of amides is 1. The van der Waals surface area contributed by atoms with Crippen molar-refractivity contribution in [1.82, 2.24) is 9.97 Å². The second-order valence-electron chi connectivity index (χ2n) is 10.6. The van der Waals surface area contributed by atoms with Gasteiger partial charge in [-0.15, -0.1) is 0 Å². The van der Waals surface area contributed by atoms with E-state index in [0.29, 0.717) is 49.7 Å². The lowest BCUT2D eigenvalue weighted by Crippen LogP contribution is -2.49. The average molecular weight is 557 g/mol. The SMILES string of the molecule is C[C@H]1C[C@@H](c2ccncc2NC(=O)c2ccc(F)c(-c3c(F)cc(N4CCOCC4)cc3F)n2)C[C@@H](O)[C@]1(C)O. The Balaban J connectivity index is 1.41. The zero-order chi connectivity index (χ0) is 28.6. The van der Waals surface area contributed by atoms with E-state index < -0.39 is 46.3 Å². The molecule has 2 aromatic heterocycles. The summed E-state index contributed by atoms with van der Waals surface area (Å²) in [6.45, 7) is 5.25. The number of hydrogen-bond donors (Lipinski definition) is 3. The van der Waals surface area contributed by atoms with Crippen molar-refractivity contribution in [2.45, 2.75) is 44.3 Å². The summed E-state index contributed by atoms with van der Waals surface area (Å²) in [6, 6.07) is 6.04. The Morgan fingerprint density at radius 1 is 1.10 bits per heavy atom. The highest BCUT2D eigenvalue weighted by Crippen LogP contribution is 2.43. The third kappa shape index (κ3) is 5.41. The van der Waals surface area contributed by atoms with Crippen LogP contribution >= 0.6 is 0 Å². The largest absolute Gasteiger partial charge is 0.390 e. The number of benzene rings is 1. The van der Waals surface area contributed by atoms with Crippen LogP contribution in [0.5, 0.6) is 0 Å². The summed E-state index contributed by atoms with van der Waals surface area (Å²) in [7, 11) is 0. The average Bonchev–Trinajstić information content (AvgIpc) is 2.93. The van der Waals surface area contributed by atoms with Crippen molar-refractivity contribution in [3.8, 4) is 11.3 Å². The van der Waals surface area contributed by atoms with Crippen molar-refractivity contribution < 1.29 is 32.9 Å². The normalized spacial score (nSPS) is 25.1. The third-order valence-electron chi connectivity index (χ3n) is 8.08. The standard InChI is InChI=1S/C29H31F3N4O4/c1-16-11-17(12-25(37)29(16,2)39)19-5-6-33-15-24(19)35-28(38)23-4-3-20(30)27(34-23)26-21(31)13-18(14-22(26)32)36-7-9-40-10-8-36/h3-6,13-17,25,37,39H,7-12H2,1-2H3,(H,35,38)/t16-,17+,25+,29+/m0/s1. The van der Waals surface area contributed by atoms with Gasteiger partial charge in [0.25, 0.3) is 5.91 Å². The van der Waals surface area contributed by atoms with Gasteiger partial charge >= 0.3 is 0 Å². The molecule has 0 radical (unpaired) electrons. The highest BCUT2D eigenvalue weighted by molar-refractivity contribution is 6.03. The molecular weight excluding hydrogens is 525 g/mol. The molecule has 3 heterocycles. The van der Waals surface area contributed by atoms with Crippen LogP contribution < -0.4 is 10.2 Å². The lowest BCUT2D eigenvalue weighted by Gasteiger charge is -2.43. The maximum atomic E-state index is 15.1. The van der Waals surface area contributed by atoms with Gasteiger partial charge < -0.3 is 25.2 Å². The molecule has 40 heavy (non-hydrogen) atoms. The van der Waals surface area contributed by atoms with E-state index in [1.54, 1.807) is 24.1 Å². The Kier molecular flexibility index (Phi) is 7.80. The van der Waals surface area contributed by atoms with Gasteiger partial charge in [-0.1, -0.05) is 6.92 Å². The number of carbonyl (C=O) groups excluding carboxylic acids is 1. The van der Waals surface area contributed by atoms with Gasteiger partial charge in [-0.2, -0.15) is 0 Å². The summed E-state index contributed by atoms with van der Waals surface area (Å²) in [6.07, 6.45) is 2.90. The first-order valence-electron chi connectivity index (χ1n) is 13.2. The molecule has 0 unspecified atom stereocenters. The van der Waals surface area contributed by atoms with E-state index in [-0.39, 0.29) is 24.0 Å². The number of morpholine rings is 1. The number of rotatable bonds is 5. The molecule has 212 valence electrons. The van der Waals surface area contributed by atoms with Crippen LogP contribution in [0.15, 0.2) is 42.7 Å². The maximum Gasteiger partial charge on any atom is 0.274 e. The smallest absolute Gasteiger partial charge is 0.274 e. The Labute approximate surface area is 229 Å². The molecule has 1 aliphatic carbocycles. The minimum atomic E-state index is -1.23. The van der Waals surface area contributed by atoms with Gasteiger partial charge in [0.05, 0.1) is 42.4 Å². The predicted octanol–water partition coefficient (Wildman–Crippen LogP) is 4.28. The van der Waals surface area contributed by atoms with Crippen molar-refractivity contribution in [3.05, 3.63) is 71.4 Å². The zero-order valence-electron chi connectivity index (χ0n) is 22.2. The van der Waals surface area contributed by atoms with Crippen LogP contribution in [0.2, 0.25) is 0 Å². The molecule has 8 nitrogen and oxygen atoms in total. The summed E-state index contributed by atoms with van der Waals surface area (Å²) in [4.78, 5) is 23.0. The number of halogens is 3. The van der Waals surface area contributed by atoms with Crippen molar-refractivity contribution >= 4 is 17.3 Å². The minimum Gasteiger partial charge on any atom is -0.390 e. The van der Waals surface area contributed by atoms with Gasteiger partial charge in [0.15, 0.2) is 0 Å². The van der Waals surface area contributed by atoms with Gasteiger partial charge in [-0.05, 0) is 67.5 Å². The molecule has 2 fully saturated rings. The second kappa shape index (κ2) is 11.1. The van der Waals surface area contributed by atoms with Crippen molar-refractivity contribution in [2.24, 2.45) is 5.92 Å². The fraction of sp³-hybridized carbons (Fsp3) is 0.414. The van der Waals surface area contributed by atoms with Gasteiger partial charge in [-0.3, -0.25) is 9.78 Å². The van der Waals surface area contributed by atoms with E-state index in [2.05, 4.69) is 15.3 Å². The first-order chi connectivity index (χ1) is 19.1. The van der Waals surface area contributed by atoms with E-state index >= 15 is 8.78 Å². The molecule has 1 aromatic carbocycles. The number of nitrogens with zero attached hydrogens (tertiary/aromatic N) is 3. The molecule has 11 heteroatoms. The highest BCUT2D eigenvalue weighted by Gasteiger charge is 2.43. The quantitative estimate of drug-likeness (QED) is 0.431. The van der Waals surface area contributed by atoms with Crippen LogP contribution in [0.3, 0.4) is 0 Å². The number of nitrogens with one attached hydrogen (secondary N) is 1. The fourth-order valence-electron chi connectivity index (χ4n) is 5.44. The van der Waals surface area contributed by atoms with Crippen LogP contribution in [-0.2, 0) is 4.74 Å². The molecule has 0 bridgehead atoms. The zero-order valence-corrected chi connectivity index (χ0v) is 22.2. The number of hydrogen-bond acceptors (Lipinski definition) is 7. The number of carbonyl (C=O) groups is 1. The van der Waals surface area contributed by atoms with Crippen LogP contribution in [0, 0.1) is 23.4 Å². The summed E-state index contributed by atoms with van der Waals surface area (Å²) in [5.74, 6) is -4.08. The molecule has 0 spiro atoms. The number of pyridine rings is 2. The molecule has 1 saturated heterocycles. The molecule has 1 amide bonds. The summed E-state index contributed by atoms with van der Waals surface area (Å²) >= 11 is 0. The van der Waals surface area contributed by atoms with Crippen LogP contribution in [0.25, 0.3) is 11.3 Å². The highest BCUT2D eigenvalue weighted by atomic mass is 19.1. The third-order valence-corrected chi connectivity index (χ3v) is 8.08. The van der Waals surface area contributed by atoms with Crippen LogP contribution in [-0.4, -0.2) is 64.1 Å². The molecule has 2 aliphatic rings. The van der Waals surface area contributed by atoms with Gasteiger partial charge in [-0.25, -0.2) is 18.2 Å². The van der Waals surface area contributed by atoms with Crippen LogP contribution in [0.4, 0.5) is 24.5 Å². The minimum absolute atomic E-state index is 0.173. The molecular formula is C29H31F3N4O4. The van der Waals surface area contributed by atoms with E-state index in [1.165, 1.54) is 6.20 Å². The molecule has 1 aliphatic heterocycles. The molecule has 3 aromatic rings. The topological polar surface area (TPSA) is 108 Å². The number of aromatic nitrogens is 2. The van der Waals surface area contributed by atoms with Crippen molar-refractivity contribution in [2.75, 3.05) is 36.5 Å². The lowest BCUT2D eigenvalue weighted by atomic mass is 9.69. The maximum absolute atomic E-state index is 15.1. The lowest BCUT2D eigenvalue weighted by molar-refractivity contribution is -0.123. The fourth-order valence-corrected chi connectivity index (χ4v) is 5.44.